The zero-order chi connectivity index (χ0) is 29.7. The van der Waals surface area contributed by atoms with E-state index in [1.165, 1.54) is 0 Å². The third-order valence-corrected chi connectivity index (χ3v) is 11.2. The number of methoxy groups -OCH3 is 1. The number of alkyl halides is 3. The van der Waals surface area contributed by atoms with Gasteiger partial charge in [0.05, 0.1) is 12.7 Å². The van der Waals surface area contributed by atoms with Gasteiger partial charge in [0.25, 0.3) is 5.91 Å². The fraction of sp³-hybridized carbons (Fsp3) is 0.600. The van der Waals surface area contributed by atoms with Crippen molar-refractivity contribution in [2.75, 3.05) is 31.8 Å². The van der Waals surface area contributed by atoms with E-state index in [0.717, 1.165) is 18.2 Å². The monoisotopic (exact) mass is 586 g/mol. The van der Waals surface area contributed by atoms with E-state index in [-0.39, 0.29) is 35.0 Å². The average Bonchev–Trinajstić information content (AvgIpc) is 3.29. The van der Waals surface area contributed by atoms with Crippen molar-refractivity contribution in [3.8, 4) is 5.75 Å². The quantitative estimate of drug-likeness (QED) is 0.518. The predicted octanol–water partition coefficient (Wildman–Crippen LogP) is 4.71. The Hall–Kier alpha value is -3.41. The van der Waals surface area contributed by atoms with Gasteiger partial charge >= 0.3 is 12.1 Å². The molecule has 2 aliphatic heterocycles. The predicted molar refractivity (Wildman–Crippen MR) is 144 cm³/mol. The Bertz CT molecular complexity index is 1480. The summed E-state index contributed by atoms with van der Waals surface area (Å²) in [6.07, 6.45) is -0.345. The van der Waals surface area contributed by atoms with Crippen LogP contribution in [-0.2, 0) is 21.1 Å². The normalized spacial score (nSPS) is 32.3. The molecule has 5 atom stereocenters. The summed E-state index contributed by atoms with van der Waals surface area (Å²) in [6.45, 7) is 3.55. The van der Waals surface area contributed by atoms with Gasteiger partial charge in [-0.1, -0.05) is 6.92 Å². The van der Waals surface area contributed by atoms with E-state index in [1.807, 2.05) is 6.07 Å². The van der Waals surface area contributed by atoms with Gasteiger partial charge in [0, 0.05) is 37.1 Å². The van der Waals surface area contributed by atoms with Crippen LogP contribution in [0.4, 0.5) is 24.8 Å². The lowest BCUT2D eigenvalue weighted by molar-refractivity contribution is -0.152. The molecule has 1 aromatic carbocycles. The van der Waals surface area contributed by atoms with Gasteiger partial charge in [0.1, 0.15) is 11.3 Å². The summed E-state index contributed by atoms with van der Waals surface area (Å²) >= 11 is 0. The highest BCUT2D eigenvalue weighted by molar-refractivity contribution is 5.99. The number of carbonyl (C=O) groups is 2. The number of fused-ring (bicyclic) bond motifs is 3. The maximum atomic E-state index is 14.5. The van der Waals surface area contributed by atoms with E-state index in [0.29, 0.717) is 62.8 Å². The maximum Gasteiger partial charge on any atom is 0.434 e. The summed E-state index contributed by atoms with van der Waals surface area (Å²) in [5.74, 6) is -1.68. The van der Waals surface area contributed by atoms with Crippen LogP contribution < -0.4 is 15.0 Å². The molecule has 12 heteroatoms. The number of carboxylic acids is 1. The van der Waals surface area contributed by atoms with Gasteiger partial charge in [0.15, 0.2) is 5.69 Å². The lowest BCUT2D eigenvalue weighted by Gasteiger charge is -2.55. The average molecular weight is 587 g/mol. The van der Waals surface area contributed by atoms with Crippen molar-refractivity contribution in [1.82, 2.24) is 15.3 Å². The van der Waals surface area contributed by atoms with Crippen molar-refractivity contribution in [1.29, 1.82) is 0 Å². The van der Waals surface area contributed by atoms with E-state index in [4.69, 9.17) is 9.47 Å². The van der Waals surface area contributed by atoms with Crippen LogP contribution in [0.2, 0.25) is 0 Å². The molecular weight excluding hydrogens is 553 g/mol. The third-order valence-electron chi connectivity index (χ3n) is 11.2. The van der Waals surface area contributed by atoms with Crippen molar-refractivity contribution in [3.05, 3.63) is 41.2 Å². The van der Waals surface area contributed by atoms with Crippen molar-refractivity contribution in [2.24, 2.45) is 23.2 Å². The molecular formula is C30H33F3N4O5. The Kier molecular flexibility index (Phi) is 5.91. The molecule has 1 aromatic heterocycles. The molecule has 3 heterocycles. The lowest BCUT2D eigenvalue weighted by Crippen LogP contribution is -2.63. The molecule has 1 spiro atoms. The molecule has 2 N–H and O–H groups in total. The van der Waals surface area contributed by atoms with Gasteiger partial charge in [-0.15, -0.1) is 0 Å². The smallest absolute Gasteiger partial charge is 0.434 e. The topological polar surface area (TPSA) is 114 Å². The second-order valence-corrected chi connectivity index (χ2v) is 13.0. The minimum atomic E-state index is -4.97. The molecule has 1 amide bonds. The number of carbonyl (C=O) groups excluding carboxylic acids is 1. The number of amides is 1. The number of aliphatic carboxylic acids is 1. The summed E-state index contributed by atoms with van der Waals surface area (Å²) < 4.78 is 54.4. The number of rotatable bonds is 5. The number of aromatic nitrogens is 2. The molecule has 2 bridgehead atoms. The summed E-state index contributed by atoms with van der Waals surface area (Å²) in [5, 5.41) is 12.9. The second-order valence-electron chi connectivity index (χ2n) is 13.0. The highest BCUT2D eigenvalue weighted by Crippen LogP contribution is 2.70. The zero-order valence-corrected chi connectivity index (χ0v) is 23.5. The van der Waals surface area contributed by atoms with Crippen LogP contribution in [0.1, 0.15) is 67.1 Å². The van der Waals surface area contributed by atoms with Crippen LogP contribution in [0.15, 0.2) is 24.4 Å². The number of anilines is 2. The second kappa shape index (κ2) is 9.05. The van der Waals surface area contributed by atoms with Crippen molar-refractivity contribution < 1.29 is 37.3 Å². The Morgan fingerprint density at radius 2 is 1.88 bits per heavy atom. The molecule has 1 saturated heterocycles. The highest BCUT2D eigenvalue weighted by atomic mass is 19.4. The first kappa shape index (κ1) is 27.4. The number of hydrogen-bond donors (Lipinski definition) is 2. The van der Waals surface area contributed by atoms with E-state index < -0.39 is 34.8 Å². The van der Waals surface area contributed by atoms with Crippen LogP contribution in [0.5, 0.6) is 5.75 Å². The summed E-state index contributed by atoms with van der Waals surface area (Å²) in [7, 11) is 1.56. The summed E-state index contributed by atoms with van der Waals surface area (Å²) in [4.78, 5) is 36.0. The standard InChI is InChI=1S/C30H33F3N4O5/c1-27-12-18-10-16(27)9-17(27)13-29(18,25(39)40)36-24(38)20-14-34-26(35-23(20)30(31,32)33)37-15-28(5-7-42-8-6-28)21-11-19(41-2)3-4-22(21)37/h3-4,11,14,16-18H,5-10,12-13,15H2,1-2H3,(H,36,38)(H,39,40). The number of benzene rings is 1. The van der Waals surface area contributed by atoms with Crippen molar-refractivity contribution >= 4 is 23.5 Å². The first-order valence-electron chi connectivity index (χ1n) is 14.4. The van der Waals surface area contributed by atoms with Crippen LogP contribution in [0, 0.1) is 23.2 Å². The summed E-state index contributed by atoms with van der Waals surface area (Å²) in [5.41, 5.74) is -2.48. The van der Waals surface area contributed by atoms with Gasteiger partial charge in [-0.3, -0.25) is 4.79 Å². The molecule has 2 aromatic rings. The molecule has 224 valence electrons. The number of carboxylic acid groups (broad SMARTS) is 1. The molecule has 0 radical (unpaired) electrons. The minimum absolute atomic E-state index is 0.0497. The Balaban J connectivity index is 1.24. The first-order valence-corrected chi connectivity index (χ1v) is 14.4. The SMILES string of the molecule is COc1ccc2c(c1)C1(CCOCC1)CN2c1ncc(C(=O)NC2(C(=O)O)CC3CC4CC2CC43C)c(C(F)(F)F)n1. The molecule has 5 aliphatic rings. The minimum Gasteiger partial charge on any atom is -0.497 e. The molecule has 3 aliphatic carbocycles. The van der Waals surface area contributed by atoms with E-state index in [9.17, 15) is 27.9 Å². The van der Waals surface area contributed by atoms with E-state index in [1.54, 1.807) is 24.1 Å². The molecule has 5 unspecified atom stereocenters. The number of nitrogens with one attached hydrogen (secondary N) is 1. The number of hydrogen-bond acceptors (Lipinski definition) is 7. The van der Waals surface area contributed by atoms with E-state index >= 15 is 0 Å². The molecule has 4 fully saturated rings. The lowest BCUT2D eigenvalue weighted by atomic mass is 9.50. The fourth-order valence-corrected chi connectivity index (χ4v) is 8.72. The zero-order valence-electron chi connectivity index (χ0n) is 23.5. The van der Waals surface area contributed by atoms with Gasteiger partial charge in [0.2, 0.25) is 5.95 Å². The van der Waals surface area contributed by atoms with Crippen LogP contribution in [-0.4, -0.2) is 59.4 Å². The van der Waals surface area contributed by atoms with Crippen LogP contribution >= 0.6 is 0 Å². The van der Waals surface area contributed by atoms with Gasteiger partial charge < -0.3 is 24.8 Å². The molecule has 9 nitrogen and oxygen atoms in total. The first-order chi connectivity index (χ1) is 19.9. The van der Waals surface area contributed by atoms with Crippen LogP contribution in [0.25, 0.3) is 0 Å². The molecule has 42 heavy (non-hydrogen) atoms. The highest BCUT2D eigenvalue weighted by Gasteiger charge is 2.68. The van der Waals surface area contributed by atoms with Crippen LogP contribution in [0.3, 0.4) is 0 Å². The molecule has 3 saturated carbocycles. The van der Waals surface area contributed by atoms with Crippen molar-refractivity contribution in [3.63, 3.8) is 0 Å². The number of halogens is 3. The Morgan fingerprint density at radius 3 is 2.57 bits per heavy atom. The Labute approximate surface area is 240 Å². The maximum absolute atomic E-state index is 14.5. The largest absolute Gasteiger partial charge is 0.497 e. The number of nitrogens with zero attached hydrogens (tertiary/aromatic N) is 3. The van der Waals surface area contributed by atoms with Crippen molar-refractivity contribution in [2.45, 2.75) is 62.6 Å². The van der Waals surface area contributed by atoms with Gasteiger partial charge in [-0.2, -0.15) is 13.2 Å². The number of ether oxygens (including phenoxy) is 2. The fourth-order valence-electron chi connectivity index (χ4n) is 8.72. The third kappa shape index (κ3) is 3.79. The van der Waals surface area contributed by atoms with Gasteiger partial charge in [-0.25, -0.2) is 14.8 Å². The summed E-state index contributed by atoms with van der Waals surface area (Å²) in [6, 6.07) is 5.43. The molecule has 7 rings (SSSR count). The Morgan fingerprint density at radius 1 is 1.14 bits per heavy atom. The van der Waals surface area contributed by atoms with E-state index in [2.05, 4.69) is 22.2 Å². The van der Waals surface area contributed by atoms with Gasteiger partial charge in [-0.05, 0) is 85.5 Å².